The third-order valence-electron chi connectivity index (χ3n) is 2.74. The molecule has 0 heterocycles. The highest BCUT2D eigenvalue weighted by atomic mass is 19.4. The maximum absolute atomic E-state index is 14.1. The van der Waals surface area contributed by atoms with Gasteiger partial charge >= 0.3 is 35.9 Å². The molecule has 0 N–H and O–H groups in total. The van der Waals surface area contributed by atoms with Gasteiger partial charge in [0.05, 0.1) is 13.2 Å². The molecule has 0 aliphatic rings. The van der Waals surface area contributed by atoms with Crippen molar-refractivity contribution in [2.24, 2.45) is 5.41 Å². The van der Waals surface area contributed by atoms with Gasteiger partial charge in [-0.15, -0.1) is 0 Å². The van der Waals surface area contributed by atoms with Crippen molar-refractivity contribution >= 4 is 11.9 Å². The minimum Gasteiger partial charge on any atom is -0.465 e. The molecule has 0 amide bonds. The fraction of sp³-hybridized carbons (Fsp3) is 0.667. The van der Waals surface area contributed by atoms with Crippen molar-refractivity contribution in [1.82, 2.24) is 0 Å². The predicted molar refractivity (Wildman–Crippen MR) is 62.0 cm³/mol. The first-order chi connectivity index (χ1) is 11.5. The van der Waals surface area contributed by atoms with Gasteiger partial charge in [-0.25, -0.2) is 9.18 Å². The number of ether oxygens (including phenoxy) is 2. The van der Waals surface area contributed by atoms with Gasteiger partial charge in [0.1, 0.15) is 0 Å². The molecule has 0 radical (unpaired) electrons. The summed E-state index contributed by atoms with van der Waals surface area (Å²) in [6.07, 6.45) is -20.3. The second kappa shape index (κ2) is 7.70. The molecule has 0 aromatic rings. The van der Waals surface area contributed by atoms with Crippen molar-refractivity contribution < 1.29 is 63.0 Å². The Kier molecular flexibility index (Phi) is 7.10. The van der Waals surface area contributed by atoms with E-state index >= 15 is 0 Å². The van der Waals surface area contributed by atoms with Gasteiger partial charge in [0.15, 0.2) is 11.4 Å². The quantitative estimate of drug-likeness (QED) is 0.392. The van der Waals surface area contributed by atoms with Gasteiger partial charge in [0, 0.05) is 0 Å². The molecule has 0 rings (SSSR count). The number of hydrogen-bond donors (Lipinski definition) is 0. The zero-order valence-corrected chi connectivity index (χ0v) is 12.8. The van der Waals surface area contributed by atoms with Crippen molar-refractivity contribution in [3.8, 4) is 0 Å². The van der Waals surface area contributed by atoms with Crippen molar-refractivity contribution in [2.75, 3.05) is 13.2 Å². The van der Waals surface area contributed by atoms with Crippen molar-refractivity contribution in [2.45, 2.75) is 32.4 Å². The van der Waals surface area contributed by atoms with Crippen LogP contribution in [0.1, 0.15) is 13.8 Å². The van der Waals surface area contributed by atoms with Crippen LogP contribution >= 0.6 is 0 Å². The summed E-state index contributed by atoms with van der Waals surface area (Å²) < 4.78 is 138. The van der Waals surface area contributed by atoms with Crippen LogP contribution in [0.25, 0.3) is 0 Å². The Morgan fingerprint density at radius 3 is 1.42 bits per heavy atom. The van der Waals surface area contributed by atoms with E-state index in [9.17, 15) is 53.5 Å². The highest BCUT2D eigenvalue weighted by Gasteiger charge is 2.81. The van der Waals surface area contributed by atoms with Crippen molar-refractivity contribution in [1.29, 1.82) is 0 Å². The van der Waals surface area contributed by atoms with Crippen LogP contribution in [0.15, 0.2) is 11.4 Å². The highest BCUT2D eigenvalue weighted by Crippen LogP contribution is 2.58. The second-order valence-electron chi connectivity index (χ2n) is 4.37. The Balaban J connectivity index is 7.23. The second-order valence-corrected chi connectivity index (χ2v) is 4.37. The molecule has 26 heavy (non-hydrogen) atoms. The molecule has 0 aliphatic carbocycles. The summed E-state index contributed by atoms with van der Waals surface area (Å²) in [5, 5.41) is 0. The Morgan fingerprint density at radius 1 is 0.769 bits per heavy atom. The lowest BCUT2D eigenvalue weighted by molar-refractivity contribution is -0.323. The van der Waals surface area contributed by atoms with E-state index in [1.807, 2.05) is 0 Å². The summed E-state index contributed by atoms with van der Waals surface area (Å²) in [5.41, 5.74) is -9.92. The SMILES string of the molecule is CCOC(=O)/C(=C(/F)C(C(=O)OCC)(C(F)(F)F)C(F)(F)F)C(F)(F)F. The number of carbonyl (C=O) groups excluding carboxylic acids is 2. The Labute approximate surface area is 138 Å². The van der Waals surface area contributed by atoms with E-state index in [2.05, 4.69) is 9.47 Å². The lowest BCUT2D eigenvalue weighted by Crippen LogP contribution is -2.58. The molecule has 0 aromatic carbocycles. The summed E-state index contributed by atoms with van der Waals surface area (Å²) in [4.78, 5) is 22.5. The monoisotopic (exact) mass is 408 g/mol. The molecule has 152 valence electrons. The van der Waals surface area contributed by atoms with Crippen molar-refractivity contribution in [3.63, 3.8) is 0 Å². The van der Waals surface area contributed by atoms with Crippen LogP contribution in [0.2, 0.25) is 0 Å². The first kappa shape index (κ1) is 24.0. The van der Waals surface area contributed by atoms with Gasteiger partial charge in [-0.2, -0.15) is 39.5 Å². The van der Waals surface area contributed by atoms with E-state index in [0.717, 1.165) is 13.8 Å². The molecule has 0 fully saturated rings. The highest BCUT2D eigenvalue weighted by molar-refractivity contribution is 5.93. The van der Waals surface area contributed by atoms with Gasteiger partial charge in [-0.1, -0.05) is 0 Å². The Bertz CT molecular complexity index is 556. The fourth-order valence-electron chi connectivity index (χ4n) is 1.69. The zero-order valence-electron chi connectivity index (χ0n) is 12.8. The van der Waals surface area contributed by atoms with E-state index in [-0.39, 0.29) is 0 Å². The van der Waals surface area contributed by atoms with Crippen LogP contribution < -0.4 is 0 Å². The van der Waals surface area contributed by atoms with Crippen LogP contribution in [0.4, 0.5) is 43.9 Å². The standard InChI is InChI=1S/C12H10F10O4/c1-3-25-7(23)5(10(14,15)16)6(13)9(11(17,18)19,12(20,21)22)8(24)26-4-2/h3-4H2,1-2H3/b6-5-. The van der Waals surface area contributed by atoms with E-state index in [0.29, 0.717) is 0 Å². The summed E-state index contributed by atoms with van der Waals surface area (Å²) >= 11 is 0. The number of halogens is 10. The minimum absolute atomic E-state index is 0.729. The van der Waals surface area contributed by atoms with Gasteiger partial charge in [0.2, 0.25) is 0 Å². The topological polar surface area (TPSA) is 52.6 Å². The minimum atomic E-state index is -6.97. The molecular formula is C12H10F10O4. The smallest absolute Gasteiger partial charge is 0.425 e. The van der Waals surface area contributed by atoms with Crippen LogP contribution in [0.3, 0.4) is 0 Å². The van der Waals surface area contributed by atoms with Crippen LogP contribution in [0, 0.1) is 5.41 Å². The first-order valence-electron chi connectivity index (χ1n) is 6.45. The summed E-state index contributed by atoms with van der Waals surface area (Å²) in [6.45, 7) is -0.500. The number of carbonyl (C=O) groups is 2. The lowest BCUT2D eigenvalue weighted by Gasteiger charge is -2.34. The molecule has 0 saturated heterocycles. The van der Waals surface area contributed by atoms with Gasteiger partial charge < -0.3 is 9.47 Å². The fourth-order valence-corrected chi connectivity index (χ4v) is 1.69. The molecule has 0 aliphatic heterocycles. The van der Waals surface area contributed by atoms with Crippen LogP contribution in [-0.4, -0.2) is 43.7 Å². The van der Waals surface area contributed by atoms with E-state index in [4.69, 9.17) is 0 Å². The predicted octanol–water partition coefficient (Wildman–Crippen LogP) is 4.01. The van der Waals surface area contributed by atoms with Crippen molar-refractivity contribution in [3.05, 3.63) is 11.4 Å². The zero-order chi connectivity index (χ0) is 21.1. The average molecular weight is 408 g/mol. The van der Waals surface area contributed by atoms with E-state index in [1.54, 1.807) is 0 Å². The van der Waals surface area contributed by atoms with E-state index in [1.165, 1.54) is 0 Å². The average Bonchev–Trinajstić information content (AvgIpc) is 2.34. The molecule has 4 nitrogen and oxygen atoms in total. The molecule has 0 bridgehead atoms. The molecule has 0 atom stereocenters. The third-order valence-corrected chi connectivity index (χ3v) is 2.74. The van der Waals surface area contributed by atoms with Gasteiger partial charge in [-0.05, 0) is 13.8 Å². The summed E-state index contributed by atoms with van der Waals surface area (Å²) in [6, 6.07) is 0. The molecule has 0 unspecified atom stereocenters. The molecular weight excluding hydrogens is 398 g/mol. The molecule has 0 spiro atoms. The Morgan fingerprint density at radius 2 is 1.15 bits per heavy atom. The molecule has 0 saturated carbocycles. The Hall–Kier alpha value is -2.02. The summed E-state index contributed by atoms with van der Waals surface area (Å²) in [5.74, 6) is -10.4. The largest absolute Gasteiger partial charge is 0.465 e. The summed E-state index contributed by atoms with van der Waals surface area (Å²) in [7, 11) is 0. The first-order valence-corrected chi connectivity index (χ1v) is 6.45. The molecule has 0 aromatic heterocycles. The van der Waals surface area contributed by atoms with Gasteiger partial charge in [0.25, 0.3) is 0 Å². The number of esters is 2. The van der Waals surface area contributed by atoms with Gasteiger partial charge in [-0.3, -0.25) is 4.79 Å². The lowest BCUT2D eigenvalue weighted by atomic mass is 9.82. The maximum Gasteiger partial charge on any atom is 0.425 e. The molecule has 14 heteroatoms. The maximum atomic E-state index is 14.1. The number of hydrogen-bond acceptors (Lipinski definition) is 4. The normalized spacial score (nSPS) is 14.6. The number of alkyl halides is 9. The van der Waals surface area contributed by atoms with E-state index < -0.39 is 60.5 Å². The number of rotatable bonds is 5. The third kappa shape index (κ3) is 4.20. The van der Waals surface area contributed by atoms with Crippen LogP contribution in [0.5, 0.6) is 0 Å². The van der Waals surface area contributed by atoms with Crippen LogP contribution in [-0.2, 0) is 19.1 Å².